The SMILES string of the molecule is COc1ccc(NC(=O)[C@H]2c3ccccc3C(=O)N(C3CCCC3)[C@@H]2c2cccs2)c(OC)c1. The third kappa shape index (κ3) is 3.94. The summed E-state index contributed by atoms with van der Waals surface area (Å²) in [7, 11) is 3.15. The summed E-state index contributed by atoms with van der Waals surface area (Å²) in [5, 5.41) is 5.10. The van der Waals surface area contributed by atoms with E-state index in [0.29, 0.717) is 22.7 Å². The van der Waals surface area contributed by atoms with E-state index in [1.165, 1.54) is 0 Å². The van der Waals surface area contributed by atoms with Gasteiger partial charge in [0.2, 0.25) is 5.91 Å². The largest absolute Gasteiger partial charge is 0.497 e. The molecule has 34 heavy (non-hydrogen) atoms. The monoisotopic (exact) mass is 476 g/mol. The smallest absolute Gasteiger partial charge is 0.254 e. The lowest BCUT2D eigenvalue weighted by molar-refractivity contribution is -0.119. The highest BCUT2D eigenvalue weighted by molar-refractivity contribution is 7.10. The lowest BCUT2D eigenvalue weighted by Crippen LogP contribution is -2.49. The average Bonchev–Trinajstić information content (AvgIpc) is 3.59. The van der Waals surface area contributed by atoms with Crippen LogP contribution < -0.4 is 14.8 Å². The molecule has 3 aromatic rings. The maximum Gasteiger partial charge on any atom is 0.254 e. The zero-order valence-electron chi connectivity index (χ0n) is 19.3. The third-order valence-corrected chi connectivity index (χ3v) is 7.82. The van der Waals surface area contributed by atoms with Crippen molar-refractivity contribution in [1.82, 2.24) is 4.90 Å². The Labute approximate surface area is 203 Å². The lowest BCUT2D eigenvalue weighted by atomic mass is 9.80. The lowest BCUT2D eigenvalue weighted by Gasteiger charge is -2.44. The Morgan fingerprint density at radius 1 is 1.03 bits per heavy atom. The molecule has 1 saturated carbocycles. The summed E-state index contributed by atoms with van der Waals surface area (Å²) < 4.78 is 10.8. The highest BCUT2D eigenvalue weighted by Gasteiger charge is 2.47. The van der Waals surface area contributed by atoms with Crippen LogP contribution in [0.15, 0.2) is 60.0 Å². The summed E-state index contributed by atoms with van der Waals surface area (Å²) in [6.45, 7) is 0. The van der Waals surface area contributed by atoms with Gasteiger partial charge in [0.15, 0.2) is 0 Å². The van der Waals surface area contributed by atoms with Crippen LogP contribution in [0.5, 0.6) is 11.5 Å². The number of rotatable bonds is 6. The number of amides is 2. The van der Waals surface area contributed by atoms with Crippen molar-refractivity contribution in [3.63, 3.8) is 0 Å². The first-order valence-corrected chi connectivity index (χ1v) is 12.5. The van der Waals surface area contributed by atoms with Crippen molar-refractivity contribution >= 4 is 28.8 Å². The van der Waals surface area contributed by atoms with Gasteiger partial charge in [0, 0.05) is 22.5 Å². The van der Waals surface area contributed by atoms with Crippen LogP contribution in [-0.2, 0) is 4.79 Å². The molecule has 6 nitrogen and oxygen atoms in total. The quantitative estimate of drug-likeness (QED) is 0.501. The van der Waals surface area contributed by atoms with E-state index in [-0.39, 0.29) is 23.9 Å². The molecule has 1 N–H and O–H groups in total. The normalized spacial score (nSPS) is 20.2. The minimum atomic E-state index is -0.542. The maximum atomic E-state index is 14.0. The first kappa shape index (κ1) is 22.5. The number of anilines is 1. The number of thiophene rings is 1. The number of carbonyl (C=O) groups excluding carboxylic acids is 2. The predicted octanol–water partition coefficient (Wildman–Crippen LogP) is 5.63. The van der Waals surface area contributed by atoms with Crippen molar-refractivity contribution in [3.05, 3.63) is 76.0 Å². The molecule has 7 heteroatoms. The molecule has 1 aromatic heterocycles. The van der Waals surface area contributed by atoms with E-state index in [0.717, 1.165) is 36.1 Å². The molecule has 5 rings (SSSR count). The summed E-state index contributed by atoms with van der Waals surface area (Å²) in [4.78, 5) is 30.8. The van der Waals surface area contributed by atoms with Gasteiger partial charge >= 0.3 is 0 Å². The molecule has 2 heterocycles. The fourth-order valence-electron chi connectivity index (χ4n) is 5.29. The van der Waals surface area contributed by atoms with E-state index in [1.54, 1.807) is 43.8 Å². The van der Waals surface area contributed by atoms with E-state index in [2.05, 4.69) is 5.32 Å². The van der Waals surface area contributed by atoms with Gasteiger partial charge < -0.3 is 19.7 Å². The van der Waals surface area contributed by atoms with Gasteiger partial charge in [-0.05, 0) is 48.1 Å². The van der Waals surface area contributed by atoms with Crippen LogP contribution in [0.4, 0.5) is 5.69 Å². The number of benzene rings is 2. The van der Waals surface area contributed by atoms with Crippen molar-refractivity contribution in [2.75, 3.05) is 19.5 Å². The van der Waals surface area contributed by atoms with Gasteiger partial charge in [-0.1, -0.05) is 37.1 Å². The van der Waals surface area contributed by atoms with E-state index in [9.17, 15) is 9.59 Å². The average molecular weight is 477 g/mol. The van der Waals surface area contributed by atoms with Crippen LogP contribution in [0.2, 0.25) is 0 Å². The molecule has 2 amide bonds. The summed E-state index contributed by atoms with van der Waals surface area (Å²) in [6, 6.07) is 16.7. The van der Waals surface area contributed by atoms with Gasteiger partial charge in [-0.2, -0.15) is 0 Å². The van der Waals surface area contributed by atoms with E-state index < -0.39 is 5.92 Å². The van der Waals surface area contributed by atoms with Crippen LogP contribution >= 0.6 is 11.3 Å². The molecule has 2 aromatic carbocycles. The Hall–Kier alpha value is -3.32. The summed E-state index contributed by atoms with van der Waals surface area (Å²) >= 11 is 1.59. The van der Waals surface area contributed by atoms with Gasteiger partial charge in [0.25, 0.3) is 5.91 Å². The second kappa shape index (κ2) is 9.50. The first-order chi connectivity index (χ1) is 16.6. The zero-order chi connectivity index (χ0) is 23.7. The van der Waals surface area contributed by atoms with Crippen LogP contribution in [0, 0.1) is 0 Å². The van der Waals surface area contributed by atoms with Gasteiger partial charge in [0.1, 0.15) is 11.5 Å². The number of ether oxygens (including phenoxy) is 2. The molecular formula is C27H28N2O4S. The Morgan fingerprint density at radius 3 is 2.53 bits per heavy atom. The highest BCUT2D eigenvalue weighted by atomic mass is 32.1. The molecule has 0 spiro atoms. The van der Waals surface area contributed by atoms with Crippen LogP contribution in [0.25, 0.3) is 0 Å². The van der Waals surface area contributed by atoms with Crippen molar-refractivity contribution in [2.24, 2.45) is 0 Å². The molecule has 2 atom stereocenters. The van der Waals surface area contributed by atoms with Crippen LogP contribution in [-0.4, -0.2) is 37.0 Å². The number of hydrogen-bond acceptors (Lipinski definition) is 5. The van der Waals surface area contributed by atoms with E-state index in [1.807, 2.05) is 46.7 Å². The molecule has 0 saturated heterocycles. The molecule has 0 radical (unpaired) electrons. The van der Waals surface area contributed by atoms with Gasteiger partial charge in [-0.3, -0.25) is 9.59 Å². The van der Waals surface area contributed by atoms with Crippen molar-refractivity contribution in [1.29, 1.82) is 0 Å². The van der Waals surface area contributed by atoms with E-state index >= 15 is 0 Å². The van der Waals surface area contributed by atoms with Gasteiger partial charge in [0.05, 0.1) is 31.9 Å². The molecule has 1 aliphatic carbocycles. The fraction of sp³-hybridized carbons (Fsp3) is 0.333. The van der Waals surface area contributed by atoms with Gasteiger partial charge in [-0.25, -0.2) is 0 Å². The molecule has 0 unspecified atom stereocenters. The molecule has 1 fully saturated rings. The van der Waals surface area contributed by atoms with Crippen molar-refractivity contribution in [3.8, 4) is 11.5 Å². The number of nitrogens with one attached hydrogen (secondary N) is 1. The Bertz CT molecular complexity index is 1190. The Kier molecular flexibility index (Phi) is 6.28. The second-order valence-corrected chi connectivity index (χ2v) is 9.71. The molecule has 176 valence electrons. The minimum Gasteiger partial charge on any atom is -0.497 e. The van der Waals surface area contributed by atoms with Crippen molar-refractivity contribution < 1.29 is 19.1 Å². The molecule has 0 bridgehead atoms. The molecule has 2 aliphatic rings. The minimum absolute atomic E-state index is 0.0204. The van der Waals surface area contributed by atoms with E-state index in [4.69, 9.17) is 9.47 Å². The number of carbonyl (C=O) groups is 2. The number of fused-ring (bicyclic) bond motifs is 1. The number of nitrogens with zero attached hydrogens (tertiary/aromatic N) is 1. The maximum absolute atomic E-state index is 14.0. The van der Waals surface area contributed by atoms with Crippen molar-refractivity contribution in [2.45, 2.75) is 43.7 Å². The fourth-order valence-corrected chi connectivity index (χ4v) is 6.15. The number of methoxy groups -OCH3 is 2. The Balaban J connectivity index is 1.60. The standard InChI is InChI=1S/C27H28N2O4S/c1-32-18-13-14-21(22(16-18)33-2)28-26(30)24-19-10-5-6-11-20(19)27(31)29(17-8-3-4-9-17)25(24)23-12-7-15-34-23/h5-7,10-17,24-25H,3-4,8-9H2,1-2H3,(H,28,30)/t24-,25+/m0/s1. The number of hydrogen-bond donors (Lipinski definition) is 1. The zero-order valence-corrected chi connectivity index (χ0v) is 20.1. The molecular weight excluding hydrogens is 448 g/mol. The topological polar surface area (TPSA) is 67.9 Å². The highest BCUT2D eigenvalue weighted by Crippen LogP contribution is 2.47. The van der Waals surface area contributed by atoms with Crippen LogP contribution in [0.3, 0.4) is 0 Å². The Morgan fingerprint density at radius 2 is 1.82 bits per heavy atom. The summed E-state index contributed by atoms with van der Waals surface area (Å²) in [6.07, 6.45) is 4.15. The predicted molar refractivity (Wildman–Crippen MR) is 133 cm³/mol. The summed E-state index contributed by atoms with van der Waals surface area (Å²) in [5.41, 5.74) is 1.95. The first-order valence-electron chi connectivity index (χ1n) is 11.6. The second-order valence-electron chi connectivity index (χ2n) is 8.73. The molecule has 1 aliphatic heterocycles. The third-order valence-electron chi connectivity index (χ3n) is 6.88. The van der Waals surface area contributed by atoms with Crippen LogP contribution in [0.1, 0.15) is 58.4 Å². The summed E-state index contributed by atoms with van der Waals surface area (Å²) in [5.74, 6) is 0.484. The van der Waals surface area contributed by atoms with Gasteiger partial charge in [-0.15, -0.1) is 11.3 Å².